The Morgan fingerprint density at radius 1 is 1.06 bits per heavy atom. The van der Waals surface area contributed by atoms with Crippen LogP contribution in [-0.2, 0) is 26.6 Å². The number of carbonyl (C=O) groups is 1. The van der Waals surface area contributed by atoms with E-state index in [-0.39, 0.29) is 25.7 Å². The monoisotopic (exact) mass is 538 g/mol. The summed E-state index contributed by atoms with van der Waals surface area (Å²) in [6.45, 7) is 3.20. The smallest absolute Gasteiger partial charge is 0.331 e. The molecule has 2 aliphatic heterocycles. The van der Waals surface area contributed by atoms with Gasteiger partial charge in [-0.25, -0.2) is 30.7 Å². The number of sulfonamides is 2. The molecule has 36 heavy (non-hydrogen) atoms. The average Bonchev–Trinajstić information content (AvgIpc) is 2.82. The molecule has 2 aliphatic rings. The van der Waals surface area contributed by atoms with Crippen LogP contribution in [0.4, 0.5) is 14.9 Å². The molecule has 1 unspecified atom stereocenters. The molecule has 0 aromatic heterocycles. The van der Waals surface area contributed by atoms with Gasteiger partial charge in [0.05, 0.1) is 6.26 Å². The molecule has 2 heterocycles. The van der Waals surface area contributed by atoms with Gasteiger partial charge in [0, 0.05) is 50.0 Å². The van der Waals surface area contributed by atoms with Gasteiger partial charge in [0.25, 0.3) is 0 Å². The van der Waals surface area contributed by atoms with Crippen LogP contribution in [0.3, 0.4) is 0 Å². The fourth-order valence-electron chi connectivity index (χ4n) is 4.77. The first-order chi connectivity index (χ1) is 17.0. The zero-order chi connectivity index (χ0) is 26.1. The first-order valence-corrected chi connectivity index (χ1v) is 15.2. The van der Waals surface area contributed by atoms with E-state index in [2.05, 4.69) is 0 Å². The molecule has 2 atom stereocenters. The van der Waals surface area contributed by atoms with Crippen molar-refractivity contribution in [2.75, 3.05) is 37.3 Å². The summed E-state index contributed by atoms with van der Waals surface area (Å²) in [5.41, 5.74) is 1.67. The van der Waals surface area contributed by atoms with Gasteiger partial charge in [0.15, 0.2) is 0 Å². The van der Waals surface area contributed by atoms with Crippen LogP contribution in [0, 0.1) is 5.82 Å². The quantitative estimate of drug-likeness (QED) is 0.627. The van der Waals surface area contributed by atoms with Gasteiger partial charge in [-0.05, 0) is 37.5 Å². The second kappa shape index (κ2) is 10.3. The summed E-state index contributed by atoms with van der Waals surface area (Å²) in [5, 5.41) is -0.645. The number of anilines is 1. The topological polar surface area (TPSA) is 107 Å². The number of halogens is 1. The maximum absolute atomic E-state index is 15.2. The third kappa shape index (κ3) is 5.81. The number of nitrogens with zero attached hydrogens (tertiary/aromatic N) is 3. The van der Waals surface area contributed by atoms with Crippen molar-refractivity contribution in [1.29, 1.82) is 0 Å². The van der Waals surface area contributed by atoms with Gasteiger partial charge < -0.3 is 9.80 Å². The molecule has 0 saturated carbocycles. The maximum atomic E-state index is 15.2. The predicted molar refractivity (Wildman–Crippen MR) is 136 cm³/mol. The SMILES string of the molecule is C[C@H]1CCC(c2ccccc2)S(=O)(=O)N1Cc1ccc(N2CCN(C(=O)NS(C)(=O)=O)CC2)cc1F. The largest absolute Gasteiger partial charge is 0.368 e. The lowest BCUT2D eigenvalue weighted by Crippen LogP contribution is -2.52. The van der Waals surface area contributed by atoms with E-state index in [9.17, 15) is 21.6 Å². The lowest BCUT2D eigenvalue weighted by atomic mass is 10.0. The molecule has 2 amide bonds. The van der Waals surface area contributed by atoms with Crippen molar-refractivity contribution in [2.45, 2.75) is 37.6 Å². The van der Waals surface area contributed by atoms with E-state index in [1.165, 1.54) is 15.3 Å². The lowest BCUT2D eigenvalue weighted by molar-refractivity contribution is 0.200. The Labute approximate surface area is 212 Å². The molecule has 2 saturated heterocycles. The molecular formula is C24H31FN4O5S2. The number of amides is 2. The van der Waals surface area contributed by atoms with Crippen molar-refractivity contribution in [3.63, 3.8) is 0 Å². The first kappa shape index (κ1) is 26.4. The third-order valence-corrected chi connectivity index (χ3v) is 9.68. The van der Waals surface area contributed by atoms with Crippen LogP contribution in [0.2, 0.25) is 0 Å². The average molecular weight is 539 g/mol. The molecule has 4 rings (SSSR count). The summed E-state index contributed by atoms with van der Waals surface area (Å²) >= 11 is 0. The highest BCUT2D eigenvalue weighted by Gasteiger charge is 2.40. The van der Waals surface area contributed by atoms with E-state index in [0.29, 0.717) is 37.2 Å². The van der Waals surface area contributed by atoms with Crippen molar-refractivity contribution < 1.29 is 26.0 Å². The number of urea groups is 1. The Morgan fingerprint density at radius 2 is 1.72 bits per heavy atom. The number of piperazine rings is 1. The van der Waals surface area contributed by atoms with E-state index < -0.39 is 37.1 Å². The van der Waals surface area contributed by atoms with Crippen LogP contribution in [0.5, 0.6) is 0 Å². The minimum atomic E-state index is -3.67. The summed E-state index contributed by atoms with van der Waals surface area (Å²) in [6, 6.07) is 13.0. The Kier molecular flexibility index (Phi) is 7.58. The van der Waals surface area contributed by atoms with Crippen molar-refractivity contribution in [2.24, 2.45) is 0 Å². The number of nitrogens with one attached hydrogen (secondary N) is 1. The van der Waals surface area contributed by atoms with E-state index in [4.69, 9.17) is 0 Å². The maximum Gasteiger partial charge on any atom is 0.331 e. The molecule has 2 fully saturated rings. The molecule has 0 bridgehead atoms. The molecule has 0 spiro atoms. The summed E-state index contributed by atoms with van der Waals surface area (Å²) < 4.78 is 68.0. The van der Waals surface area contributed by atoms with Crippen molar-refractivity contribution in [3.05, 3.63) is 65.5 Å². The minimum absolute atomic E-state index is 0.0433. The standard InChI is InChI=1S/C24H31FN4O5S2/c1-18-8-11-23(19-6-4-3-5-7-19)36(33,34)29(18)17-20-9-10-21(16-22(20)25)27-12-14-28(15-13-27)24(30)26-35(2,31)32/h3-7,9-10,16,18,23H,8,11-15,17H2,1-2H3,(H,26,30)/t18-,23?/m0/s1. The molecule has 2 aromatic carbocycles. The summed E-state index contributed by atoms with van der Waals surface area (Å²) in [7, 11) is -7.31. The highest BCUT2D eigenvalue weighted by atomic mass is 32.2. The van der Waals surface area contributed by atoms with Gasteiger partial charge in [0.2, 0.25) is 20.0 Å². The molecule has 0 aliphatic carbocycles. The molecule has 2 aromatic rings. The Bertz CT molecular complexity index is 1310. The number of hydrogen-bond donors (Lipinski definition) is 1. The first-order valence-electron chi connectivity index (χ1n) is 11.8. The van der Waals surface area contributed by atoms with Crippen LogP contribution in [0.15, 0.2) is 48.5 Å². The fourth-order valence-corrected chi connectivity index (χ4v) is 7.41. The minimum Gasteiger partial charge on any atom is -0.368 e. The van der Waals surface area contributed by atoms with Crippen molar-refractivity contribution in [3.8, 4) is 0 Å². The second-order valence-corrected chi connectivity index (χ2v) is 13.2. The molecular weight excluding hydrogens is 507 g/mol. The number of benzene rings is 2. The predicted octanol–water partition coefficient (Wildman–Crippen LogP) is 2.67. The van der Waals surface area contributed by atoms with Gasteiger partial charge in [-0.1, -0.05) is 36.4 Å². The van der Waals surface area contributed by atoms with Gasteiger partial charge in [-0.2, -0.15) is 4.31 Å². The van der Waals surface area contributed by atoms with Crippen LogP contribution in [0.1, 0.15) is 36.1 Å². The highest BCUT2D eigenvalue weighted by Crippen LogP contribution is 2.38. The normalized spacial score (nSPS) is 22.9. The van der Waals surface area contributed by atoms with Gasteiger partial charge in [-0.15, -0.1) is 0 Å². The molecule has 196 valence electrons. The zero-order valence-corrected chi connectivity index (χ0v) is 21.9. The third-order valence-electron chi connectivity index (χ3n) is 6.76. The van der Waals surface area contributed by atoms with Gasteiger partial charge in [-0.3, -0.25) is 0 Å². The van der Waals surface area contributed by atoms with E-state index in [1.807, 2.05) is 46.9 Å². The molecule has 0 radical (unpaired) electrons. The Morgan fingerprint density at radius 3 is 2.33 bits per heavy atom. The van der Waals surface area contributed by atoms with Crippen LogP contribution in [-0.4, -0.2) is 70.5 Å². The van der Waals surface area contributed by atoms with Crippen molar-refractivity contribution >= 4 is 31.8 Å². The highest BCUT2D eigenvalue weighted by molar-refractivity contribution is 7.89. The summed E-state index contributed by atoms with van der Waals surface area (Å²) in [4.78, 5) is 15.3. The number of rotatable bonds is 5. The van der Waals surface area contributed by atoms with Crippen LogP contribution in [0.25, 0.3) is 0 Å². The molecule has 12 heteroatoms. The zero-order valence-electron chi connectivity index (χ0n) is 20.3. The molecule has 1 N–H and O–H groups in total. The van der Waals surface area contributed by atoms with E-state index in [0.717, 1.165) is 11.8 Å². The molecule has 9 nitrogen and oxygen atoms in total. The second-order valence-electron chi connectivity index (χ2n) is 9.35. The fraction of sp³-hybridized carbons (Fsp3) is 0.458. The van der Waals surface area contributed by atoms with Crippen LogP contribution < -0.4 is 9.62 Å². The van der Waals surface area contributed by atoms with Crippen LogP contribution >= 0.6 is 0 Å². The number of hydrogen-bond acceptors (Lipinski definition) is 6. The Balaban J connectivity index is 1.44. The van der Waals surface area contributed by atoms with Crippen molar-refractivity contribution in [1.82, 2.24) is 13.9 Å². The Hall–Kier alpha value is -2.70. The summed E-state index contributed by atoms with van der Waals surface area (Å²) in [5.74, 6) is -0.492. The van der Waals surface area contributed by atoms with Gasteiger partial charge >= 0.3 is 6.03 Å². The van der Waals surface area contributed by atoms with Gasteiger partial charge in [0.1, 0.15) is 11.1 Å². The van der Waals surface area contributed by atoms with E-state index in [1.54, 1.807) is 12.1 Å². The number of carbonyl (C=O) groups excluding carboxylic acids is 1. The van der Waals surface area contributed by atoms with E-state index >= 15 is 4.39 Å². The summed E-state index contributed by atoms with van der Waals surface area (Å²) in [6.07, 6.45) is 2.14. The lowest BCUT2D eigenvalue weighted by Gasteiger charge is -2.38.